The molecule has 5 heteroatoms. The monoisotopic (exact) mass is 793 g/mol. The van der Waals surface area contributed by atoms with Gasteiger partial charge in [-0.3, -0.25) is 0 Å². The van der Waals surface area contributed by atoms with Crippen molar-refractivity contribution in [1.82, 2.24) is 14.5 Å². The van der Waals surface area contributed by atoms with Crippen LogP contribution in [0.15, 0.2) is 234 Å². The van der Waals surface area contributed by atoms with E-state index in [0.29, 0.717) is 0 Å². The van der Waals surface area contributed by atoms with Crippen molar-refractivity contribution in [2.45, 2.75) is 6.17 Å². The number of hydrogen-bond acceptors (Lipinski definition) is 3. The lowest BCUT2D eigenvalue weighted by Crippen LogP contribution is -2.36. The summed E-state index contributed by atoms with van der Waals surface area (Å²) in [5.41, 5.74) is 14.3. The average Bonchev–Trinajstić information content (AvgIpc) is 3.86. The molecule has 1 aliphatic rings. The number of hydrogen-bond donors (Lipinski definition) is 1. The zero-order valence-corrected chi connectivity index (χ0v) is 33.7. The molecule has 292 valence electrons. The van der Waals surface area contributed by atoms with E-state index in [1.54, 1.807) is 0 Å². The summed E-state index contributed by atoms with van der Waals surface area (Å²) >= 11 is 0. The van der Waals surface area contributed by atoms with Crippen LogP contribution in [0.25, 0.3) is 77.2 Å². The van der Waals surface area contributed by atoms with Crippen LogP contribution in [0.2, 0.25) is 0 Å². The molecule has 1 unspecified atom stereocenters. The van der Waals surface area contributed by atoms with Crippen LogP contribution < -0.4 is 5.32 Å². The van der Waals surface area contributed by atoms with Crippen LogP contribution >= 0.6 is 0 Å². The zero-order valence-electron chi connectivity index (χ0n) is 33.7. The van der Waals surface area contributed by atoms with Crippen molar-refractivity contribution in [3.05, 3.63) is 241 Å². The van der Waals surface area contributed by atoms with Crippen LogP contribution in [0.3, 0.4) is 0 Å². The van der Waals surface area contributed by atoms with Gasteiger partial charge in [-0.1, -0.05) is 182 Å². The maximum atomic E-state index is 5.58. The van der Waals surface area contributed by atoms with Crippen molar-refractivity contribution in [3.8, 4) is 33.6 Å². The zero-order chi connectivity index (χ0) is 41.0. The van der Waals surface area contributed by atoms with Gasteiger partial charge in [0.1, 0.15) is 11.7 Å². The molecule has 1 atom stereocenters. The lowest BCUT2D eigenvalue weighted by Gasteiger charge is -2.25. The van der Waals surface area contributed by atoms with Crippen molar-refractivity contribution in [2.24, 2.45) is 9.98 Å². The Morgan fingerprint density at radius 3 is 1.35 bits per heavy atom. The van der Waals surface area contributed by atoms with Crippen molar-refractivity contribution < 1.29 is 0 Å². The van der Waals surface area contributed by atoms with Gasteiger partial charge in [-0.15, -0.1) is 0 Å². The van der Waals surface area contributed by atoms with Gasteiger partial charge in [-0.2, -0.15) is 0 Å². The Morgan fingerprint density at radius 2 is 0.758 bits per heavy atom. The van der Waals surface area contributed by atoms with Gasteiger partial charge in [0, 0.05) is 38.2 Å². The van der Waals surface area contributed by atoms with E-state index in [0.717, 1.165) is 61.8 Å². The quantitative estimate of drug-likeness (QED) is 0.172. The Kier molecular flexibility index (Phi) is 8.49. The molecule has 62 heavy (non-hydrogen) atoms. The second-order valence-corrected chi connectivity index (χ2v) is 15.8. The van der Waals surface area contributed by atoms with E-state index >= 15 is 0 Å². The molecule has 3 heterocycles. The van der Waals surface area contributed by atoms with Gasteiger partial charge in [0.2, 0.25) is 0 Å². The van der Waals surface area contributed by atoms with Crippen molar-refractivity contribution in [2.75, 3.05) is 0 Å². The summed E-state index contributed by atoms with van der Waals surface area (Å²) in [6.07, 6.45) is -0.554. The molecule has 11 aromatic rings. The van der Waals surface area contributed by atoms with E-state index in [9.17, 15) is 0 Å². The topological polar surface area (TPSA) is 46.6 Å². The number of nitrogens with zero attached hydrogens (tertiary/aromatic N) is 4. The molecular formula is C57H39N5. The van der Waals surface area contributed by atoms with Gasteiger partial charge >= 0.3 is 0 Å². The van der Waals surface area contributed by atoms with Gasteiger partial charge in [0.05, 0.1) is 33.4 Å². The number of fused-ring (bicyclic) bond motifs is 6. The minimum atomic E-state index is -0.554. The second kappa shape index (κ2) is 14.8. The molecule has 0 saturated heterocycles. The number of benzene rings is 9. The van der Waals surface area contributed by atoms with E-state index in [2.05, 4.69) is 233 Å². The first-order valence-electron chi connectivity index (χ1n) is 21.1. The van der Waals surface area contributed by atoms with Crippen LogP contribution in [-0.2, 0) is 0 Å². The molecule has 9 aromatic carbocycles. The summed E-state index contributed by atoms with van der Waals surface area (Å²) in [5.74, 6) is 1.53. The highest BCUT2D eigenvalue weighted by molar-refractivity contribution is 6.18. The molecule has 1 aliphatic heterocycles. The standard InChI is InChI=1S/C57H39N5/c1-4-18-38(19-5-1)41-32-34-45-43-24-10-14-28-49(43)61(53(45)36-41)51-30-16-12-26-47(51)56-58-55(40-22-8-3-9-23-40)59-57(60-56)48-27-13-17-31-52(48)62-50-29-15-11-25-44(50)46-35-33-42(37-54(46)62)39-20-6-2-7-21-39/h1-37,56H,(H,58,59,60). The summed E-state index contributed by atoms with van der Waals surface area (Å²) in [4.78, 5) is 11.0. The maximum Gasteiger partial charge on any atom is 0.171 e. The van der Waals surface area contributed by atoms with Crippen molar-refractivity contribution in [1.29, 1.82) is 0 Å². The first-order valence-corrected chi connectivity index (χ1v) is 21.1. The third-order valence-electron chi connectivity index (χ3n) is 12.2. The van der Waals surface area contributed by atoms with Gasteiger partial charge in [0.25, 0.3) is 0 Å². The summed E-state index contributed by atoms with van der Waals surface area (Å²) in [5, 5.41) is 8.55. The maximum absolute atomic E-state index is 5.58. The highest BCUT2D eigenvalue weighted by Crippen LogP contribution is 2.40. The van der Waals surface area contributed by atoms with Crippen molar-refractivity contribution in [3.63, 3.8) is 0 Å². The van der Waals surface area contributed by atoms with Crippen LogP contribution in [0, 0.1) is 0 Å². The minimum Gasteiger partial charge on any atom is -0.324 e. The fraction of sp³-hybridized carbons (Fsp3) is 0.0175. The Labute approximate surface area is 359 Å². The SMILES string of the molecule is c1ccc(C2=NC(c3ccccc3-n3c4ccccc4c4ccc(-c5ccccc5)cc43)N=C(c3ccccc3-n3c4ccccc4c4ccc(-c5ccccc5)cc43)N2)cc1. The molecule has 0 saturated carbocycles. The minimum absolute atomic E-state index is 0.554. The highest BCUT2D eigenvalue weighted by Gasteiger charge is 2.27. The predicted molar refractivity (Wildman–Crippen MR) is 258 cm³/mol. The van der Waals surface area contributed by atoms with E-state index in [1.165, 1.54) is 43.8 Å². The third-order valence-corrected chi connectivity index (χ3v) is 12.2. The van der Waals surface area contributed by atoms with Gasteiger partial charge in [-0.25, -0.2) is 9.98 Å². The summed E-state index contributed by atoms with van der Waals surface area (Å²) in [6.45, 7) is 0. The number of aliphatic imine (C=N–C) groups is 2. The van der Waals surface area contributed by atoms with E-state index < -0.39 is 6.17 Å². The fourth-order valence-electron chi connectivity index (χ4n) is 9.33. The second-order valence-electron chi connectivity index (χ2n) is 15.8. The molecule has 0 radical (unpaired) electrons. The van der Waals surface area contributed by atoms with E-state index in [-0.39, 0.29) is 0 Å². The molecule has 0 amide bonds. The highest BCUT2D eigenvalue weighted by atomic mass is 15.2. The molecule has 0 fully saturated rings. The number of para-hydroxylation sites is 4. The molecule has 0 bridgehead atoms. The average molecular weight is 794 g/mol. The van der Waals surface area contributed by atoms with Crippen molar-refractivity contribution >= 4 is 55.3 Å². The van der Waals surface area contributed by atoms with Crippen LogP contribution in [0.4, 0.5) is 0 Å². The fourth-order valence-corrected chi connectivity index (χ4v) is 9.33. The lowest BCUT2D eigenvalue weighted by molar-refractivity contribution is 0.750. The molecule has 1 N–H and O–H groups in total. The molecule has 0 spiro atoms. The summed E-state index contributed by atoms with van der Waals surface area (Å²) < 4.78 is 4.80. The molecule has 12 rings (SSSR count). The van der Waals surface area contributed by atoms with Crippen LogP contribution in [0.1, 0.15) is 22.9 Å². The van der Waals surface area contributed by atoms with E-state index in [4.69, 9.17) is 9.98 Å². The number of aromatic nitrogens is 2. The van der Waals surface area contributed by atoms with Gasteiger partial charge in [-0.05, 0) is 64.7 Å². The number of amidine groups is 2. The third kappa shape index (κ3) is 5.94. The predicted octanol–water partition coefficient (Wildman–Crippen LogP) is 13.7. The first kappa shape index (κ1) is 35.6. The molecule has 2 aromatic heterocycles. The first-order chi connectivity index (χ1) is 30.8. The Hall–Kier alpha value is -8.28. The lowest BCUT2D eigenvalue weighted by atomic mass is 10.0. The van der Waals surface area contributed by atoms with E-state index in [1.807, 2.05) is 6.07 Å². The Bertz CT molecular complexity index is 3540. The Morgan fingerprint density at radius 1 is 0.323 bits per heavy atom. The van der Waals surface area contributed by atoms with Gasteiger partial charge < -0.3 is 14.5 Å². The number of rotatable bonds is 7. The summed E-state index contributed by atoms with van der Waals surface area (Å²) in [6, 6.07) is 79.9. The molecular weight excluding hydrogens is 755 g/mol. The summed E-state index contributed by atoms with van der Waals surface area (Å²) in [7, 11) is 0. The molecule has 5 nitrogen and oxygen atoms in total. The van der Waals surface area contributed by atoms with Crippen LogP contribution in [-0.4, -0.2) is 20.8 Å². The number of nitrogens with one attached hydrogen (secondary N) is 1. The smallest absolute Gasteiger partial charge is 0.171 e. The Balaban J connectivity index is 1.07. The normalized spacial score (nSPS) is 14.0. The van der Waals surface area contributed by atoms with Gasteiger partial charge in [0.15, 0.2) is 6.17 Å². The molecule has 0 aliphatic carbocycles. The van der Waals surface area contributed by atoms with Crippen LogP contribution in [0.5, 0.6) is 0 Å². The largest absolute Gasteiger partial charge is 0.324 e.